The first-order valence-electron chi connectivity index (χ1n) is 17.1. The lowest BCUT2D eigenvalue weighted by molar-refractivity contribution is -0.143. The summed E-state index contributed by atoms with van der Waals surface area (Å²) in [5, 5.41) is 27.6. The largest absolute Gasteiger partial charge is 0.481 e. The van der Waals surface area contributed by atoms with E-state index in [-0.39, 0.29) is 11.8 Å². The minimum atomic E-state index is -0.679. The lowest BCUT2D eigenvalue weighted by Gasteiger charge is -2.13. The van der Waals surface area contributed by atoms with Crippen molar-refractivity contribution in [3.63, 3.8) is 0 Å². The SMILES string of the molecule is CCCCCC(CCCCCCC(CCCCCCCCCCCCCCCCCCC(=O)O)C(=O)O)C(=O)O. The van der Waals surface area contributed by atoms with E-state index in [2.05, 4.69) is 6.92 Å². The van der Waals surface area contributed by atoms with E-state index in [1.165, 1.54) is 77.0 Å². The van der Waals surface area contributed by atoms with E-state index in [9.17, 15) is 24.6 Å². The monoisotopic (exact) mass is 568 g/mol. The summed E-state index contributed by atoms with van der Waals surface area (Å²) < 4.78 is 0. The highest BCUT2D eigenvalue weighted by Gasteiger charge is 2.18. The van der Waals surface area contributed by atoms with E-state index in [1.807, 2.05) is 0 Å². The Kier molecular flexibility index (Phi) is 27.8. The molecular weight excluding hydrogens is 504 g/mol. The minimum Gasteiger partial charge on any atom is -0.481 e. The van der Waals surface area contributed by atoms with Crippen molar-refractivity contribution in [1.82, 2.24) is 0 Å². The Balaban J connectivity index is 3.55. The summed E-state index contributed by atoms with van der Waals surface area (Å²) in [7, 11) is 0. The molecule has 0 saturated heterocycles. The Labute approximate surface area is 246 Å². The van der Waals surface area contributed by atoms with Gasteiger partial charge in [0.25, 0.3) is 0 Å². The van der Waals surface area contributed by atoms with Crippen LogP contribution < -0.4 is 0 Å². The normalized spacial score (nSPS) is 12.8. The van der Waals surface area contributed by atoms with Gasteiger partial charge in [-0.05, 0) is 32.1 Å². The maximum atomic E-state index is 11.6. The number of hydrogen-bond donors (Lipinski definition) is 3. The lowest BCUT2D eigenvalue weighted by Crippen LogP contribution is -2.14. The second-order valence-corrected chi connectivity index (χ2v) is 12.1. The first-order chi connectivity index (χ1) is 19.4. The molecule has 0 radical (unpaired) electrons. The maximum Gasteiger partial charge on any atom is 0.306 e. The molecule has 2 unspecified atom stereocenters. The minimum absolute atomic E-state index is 0.214. The molecule has 0 amide bonds. The maximum absolute atomic E-state index is 11.6. The molecule has 0 aliphatic carbocycles. The molecule has 0 aliphatic rings. The zero-order valence-corrected chi connectivity index (χ0v) is 26.0. The van der Waals surface area contributed by atoms with Crippen LogP contribution in [0.4, 0.5) is 0 Å². The number of unbranched alkanes of at least 4 members (excludes halogenated alkanes) is 20. The molecule has 0 aromatic rings. The topological polar surface area (TPSA) is 112 Å². The first-order valence-corrected chi connectivity index (χ1v) is 17.1. The second kappa shape index (κ2) is 28.9. The van der Waals surface area contributed by atoms with Gasteiger partial charge in [0, 0.05) is 6.42 Å². The van der Waals surface area contributed by atoms with E-state index in [0.29, 0.717) is 6.42 Å². The Morgan fingerprint density at radius 3 is 0.900 bits per heavy atom. The highest BCUT2D eigenvalue weighted by Crippen LogP contribution is 2.22. The van der Waals surface area contributed by atoms with Crippen molar-refractivity contribution in [3.05, 3.63) is 0 Å². The van der Waals surface area contributed by atoms with Gasteiger partial charge < -0.3 is 15.3 Å². The number of hydrogen-bond acceptors (Lipinski definition) is 3. The van der Waals surface area contributed by atoms with Crippen molar-refractivity contribution in [2.45, 2.75) is 187 Å². The van der Waals surface area contributed by atoms with Crippen LogP contribution in [0.2, 0.25) is 0 Å². The van der Waals surface area contributed by atoms with Crippen LogP contribution in [0.25, 0.3) is 0 Å². The van der Waals surface area contributed by atoms with Gasteiger partial charge in [-0.3, -0.25) is 14.4 Å². The molecule has 0 saturated carbocycles. The van der Waals surface area contributed by atoms with Crippen molar-refractivity contribution in [2.24, 2.45) is 11.8 Å². The van der Waals surface area contributed by atoms with E-state index in [0.717, 1.165) is 96.3 Å². The highest BCUT2D eigenvalue weighted by atomic mass is 16.4. The van der Waals surface area contributed by atoms with E-state index in [1.54, 1.807) is 0 Å². The van der Waals surface area contributed by atoms with Crippen molar-refractivity contribution < 1.29 is 29.7 Å². The Morgan fingerprint density at radius 2 is 0.650 bits per heavy atom. The van der Waals surface area contributed by atoms with Gasteiger partial charge in [-0.15, -0.1) is 0 Å². The van der Waals surface area contributed by atoms with Crippen LogP contribution in [0.1, 0.15) is 187 Å². The molecule has 3 N–H and O–H groups in total. The van der Waals surface area contributed by atoms with Crippen LogP contribution in [0.3, 0.4) is 0 Å². The van der Waals surface area contributed by atoms with E-state index >= 15 is 0 Å². The number of aliphatic carboxylic acids is 3. The number of carbonyl (C=O) groups is 3. The Bertz CT molecular complexity index is 605. The molecule has 0 spiro atoms. The summed E-state index contributed by atoms with van der Waals surface area (Å²) in [6.07, 6.45) is 29.8. The van der Waals surface area contributed by atoms with Crippen LogP contribution >= 0.6 is 0 Å². The van der Waals surface area contributed by atoms with Crippen molar-refractivity contribution >= 4 is 17.9 Å². The standard InChI is InChI=1S/C34H64O6/c1-2-3-20-25-30(33(37)38)27-22-18-19-23-28-31(34(39)40)26-21-16-14-12-10-8-6-4-5-7-9-11-13-15-17-24-29-32(35)36/h30-31H,2-29H2,1H3,(H,35,36)(H,37,38)(H,39,40). The summed E-state index contributed by atoms with van der Waals surface area (Å²) in [6.45, 7) is 2.13. The average Bonchev–Trinajstić information content (AvgIpc) is 2.91. The van der Waals surface area contributed by atoms with Crippen LogP contribution in [0, 0.1) is 11.8 Å². The van der Waals surface area contributed by atoms with Gasteiger partial charge in [0.1, 0.15) is 0 Å². The van der Waals surface area contributed by atoms with Gasteiger partial charge in [-0.1, -0.05) is 148 Å². The molecule has 2 atom stereocenters. The molecule has 0 bridgehead atoms. The smallest absolute Gasteiger partial charge is 0.306 e. The number of carboxylic acid groups (broad SMARTS) is 3. The van der Waals surface area contributed by atoms with E-state index in [4.69, 9.17) is 5.11 Å². The third-order valence-corrected chi connectivity index (χ3v) is 8.40. The lowest BCUT2D eigenvalue weighted by atomic mass is 9.92. The quantitative estimate of drug-likeness (QED) is 0.0696. The average molecular weight is 569 g/mol. The Hall–Kier alpha value is -1.59. The zero-order chi connectivity index (χ0) is 29.7. The molecule has 6 nitrogen and oxygen atoms in total. The van der Waals surface area contributed by atoms with E-state index < -0.39 is 17.9 Å². The van der Waals surface area contributed by atoms with Gasteiger partial charge in [0.15, 0.2) is 0 Å². The molecule has 0 fully saturated rings. The fraction of sp³-hybridized carbons (Fsp3) is 0.912. The Morgan fingerprint density at radius 1 is 0.400 bits per heavy atom. The second-order valence-electron chi connectivity index (χ2n) is 12.1. The van der Waals surface area contributed by atoms with Crippen molar-refractivity contribution in [3.8, 4) is 0 Å². The molecule has 236 valence electrons. The molecule has 0 aromatic heterocycles. The number of rotatable bonds is 32. The van der Waals surface area contributed by atoms with Crippen LogP contribution in [0.15, 0.2) is 0 Å². The van der Waals surface area contributed by atoms with Crippen LogP contribution in [-0.4, -0.2) is 33.2 Å². The number of carboxylic acids is 3. The fourth-order valence-corrected chi connectivity index (χ4v) is 5.70. The summed E-state index contributed by atoms with van der Waals surface area (Å²) in [5.41, 5.74) is 0. The van der Waals surface area contributed by atoms with Gasteiger partial charge in [-0.25, -0.2) is 0 Å². The van der Waals surface area contributed by atoms with Crippen LogP contribution in [0.5, 0.6) is 0 Å². The third kappa shape index (κ3) is 26.6. The molecule has 0 aliphatic heterocycles. The highest BCUT2D eigenvalue weighted by molar-refractivity contribution is 5.70. The van der Waals surface area contributed by atoms with Crippen LogP contribution in [-0.2, 0) is 14.4 Å². The van der Waals surface area contributed by atoms with Gasteiger partial charge in [0.2, 0.25) is 0 Å². The summed E-state index contributed by atoms with van der Waals surface area (Å²) in [6, 6.07) is 0. The summed E-state index contributed by atoms with van der Waals surface area (Å²) >= 11 is 0. The predicted molar refractivity (Wildman–Crippen MR) is 165 cm³/mol. The van der Waals surface area contributed by atoms with Gasteiger partial charge >= 0.3 is 17.9 Å². The molecule has 40 heavy (non-hydrogen) atoms. The molecule has 0 aromatic carbocycles. The van der Waals surface area contributed by atoms with Gasteiger partial charge in [-0.2, -0.15) is 0 Å². The predicted octanol–water partition coefficient (Wildman–Crippen LogP) is 10.4. The molecule has 6 heteroatoms. The third-order valence-electron chi connectivity index (χ3n) is 8.40. The summed E-state index contributed by atoms with van der Waals surface area (Å²) in [4.78, 5) is 33.5. The molecular formula is C34H64O6. The van der Waals surface area contributed by atoms with Crippen molar-refractivity contribution in [1.29, 1.82) is 0 Å². The molecule has 0 heterocycles. The fourth-order valence-electron chi connectivity index (χ4n) is 5.70. The first kappa shape index (κ1) is 38.4. The van der Waals surface area contributed by atoms with Gasteiger partial charge in [0.05, 0.1) is 11.8 Å². The zero-order valence-electron chi connectivity index (χ0n) is 26.0. The molecule has 0 rings (SSSR count). The van der Waals surface area contributed by atoms with Crippen molar-refractivity contribution in [2.75, 3.05) is 0 Å². The summed E-state index contributed by atoms with van der Waals surface area (Å²) in [5.74, 6) is -2.43.